The number of nitrogens with zero attached hydrogens (tertiary/aromatic N) is 1. The first-order valence-electron chi connectivity index (χ1n) is 9.13. The number of aryl methyl sites for hydroxylation is 1. The summed E-state index contributed by atoms with van der Waals surface area (Å²) in [7, 11) is 0. The molecule has 1 saturated carbocycles. The largest absolute Gasteiger partial charge is 0.452 e. The molecule has 0 radical (unpaired) electrons. The summed E-state index contributed by atoms with van der Waals surface area (Å²) in [5.41, 5.74) is 3.53. The lowest BCUT2D eigenvalue weighted by Crippen LogP contribution is -2.37. The van der Waals surface area contributed by atoms with Gasteiger partial charge in [-0.1, -0.05) is 30.3 Å². The average molecular weight is 354 g/mol. The van der Waals surface area contributed by atoms with Crippen molar-refractivity contribution in [2.24, 2.45) is 5.92 Å². The Morgan fingerprint density at radius 3 is 2.58 bits per heavy atom. The molecule has 5 nitrogen and oxygen atoms in total. The van der Waals surface area contributed by atoms with Crippen LogP contribution in [0.25, 0.3) is 0 Å². The van der Waals surface area contributed by atoms with Crippen molar-refractivity contribution in [2.75, 3.05) is 6.61 Å². The maximum atomic E-state index is 12.4. The molecule has 138 valence electrons. The maximum Gasteiger partial charge on any atom is 0.340 e. The van der Waals surface area contributed by atoms with Crippen molar-refractivity contribution in [2.45, 2.75) is 46.2 Å². The van der Waals surface area contributed by atoms with E-state index in [2.05, 4.69) is 22.0 Å². The molecule has 3 rings (SSSR count). The van der Waals surface area contributed by atoms with Crippen LogP contribution in [0.3, 0.4) is 0 Å². The molecule has 1 fully saturated rings. The number of rotatable bonds is 7. The number of benzene rings is 1. The van der Waals surface area contributed by atoms with E-state index in [4.69, 9.17) is 4.74 Å². The molecule has 1 aliphatic carbocycles. The van der Waals surface area contributed by atoms with Gasteiger partial charge >= 0.3 is 5.97 Å². The Hall–Kier alpha value is -2.56. The van der Waals surface area contributed by atoms with Gasteiger partial charge in [0.25, 0.3) is 5.91 Å². The molecule has 0 unspecified atom stereocenters. The monoisotopic (exact) mass is 354 g/mol. The van der Waals surface area contributed by atoms with Crippen LogP contribution in [0.5, 0.6) is 0 Å². The van der Waals surface area contributed by atoms with Crippen LogP contribution >= 0.6 is 0 Å². The fourth-order valence-corrected chi connectivity index (χ4v) is 3.24. The van der Waals surface area contributed by atoms with Gasteiger partial charge in [-0.2, -0.15) is 0 Å². The Morgan fingerprint density at radius 2 is 1.92 bits per heavy atom. The van der Waals surface area contributed by atoms with Crippen molar-refractivity contribution in [1.82, 2.24) is 9.88 Å². The summed E-state index contributed by atoms with van der Waals surface area (Å²) in [5, 5.41) is 2.89. The number of hydrogen-bond donors (Lipinski definition) is 1. The molecule has 1 atom stereocenters. The highest BCUT2D eigenvalue weighted by Crippen LogP contribution is 2.32. The van der Waals surface area contributed by atoms with Crippen LogP contribution in [0.2, 0.25) is 0 Å². The van der Waals surface area contributed by atoms with Crippen molar-refractivity contribution in [1.29, 1.82) is 0 Å². The van der Waals surface area contributed by atoms with Gasteiger partial charge < -0.3 is 14.6 Å². The molecule has 0 bridgehead atoms. The van der Waals surface area contributed by atoms with Crippen LogP contribution in [0.4, 0.5) is 0 Å². The zero-order valence-electron chi connectivity index (χ0n) is 15.6. The summed E-state index contributed by atoms with van der Waals surface area (Å²) in [6.07, 6.45) is 2.32. The van der Waals surface area contributed by atoms with E-state index < -0.39 is 5.97 Å². The number of amides is 1. The van der Waals surface area contributed by atoms with E-state index in [1.165, 1.54) is 5.56 Å². The van der Waals surface area contributed by atoms with E-state index in [1.54, 1.807) is 0 Å². The van der Waals surface area contributed by atoms with E-state index >= 15 is 0 Å². The van der Waals surface area contributed by atoms with Gasteiger partial charge in [0, 0.05) is 24.0 Å². The minimum Gasteiger partial charge on any atom is -0.452 e. The van der Waals surface area contributed by atoms with Gasteiger partial charge in [0.15, 0.2) is 6.61 Å². The standard InChI is InChI=1S/C21H26N2O3/c1-14-11-19(16(3)23(14)12-17-7-5-4-6-8-17)21(25)26-13-20(24)22-15(2)18-9-10-18/h4-8,11,15,18H,9-10,12-13H2,1-3H3,(H,22,24)/t15-/m0/s1. The molecule has 2 aromatic rings. The van der Waals surface area contributed by atoms with Gasteiger partial charge in [0.05, 0.1) is 5.56 Å². The van der Waals surface area contributed by atoms with Gasteiger partial charge in [-0.3, -0.25) is 4.79 Å². The number of ether oxygens (including phenoxy) is 1. The quantitative estimate of drug-likeness (QED) is 0.777. The van der Waals surface area contributed by atoms with Crippen LogP contribution in [-0.4, -0.2) is 29.1 Å². The SMILES string of the molecule is Cc1cc(C(=O)OCC(=O)N[C@@H](C)C2CC2)c(C)n1Cc1ccccc1. The highest BCUT2D eigenvalue weighted by atomic mass is 16.5. The normalized spacial score (nSPS) is 14.7. The van der Waals surface area contributed by atoms with Gasteiger partial charge in [0.1, 0.15) is 0 Å². The van der Waals surface area contributed by atoms with E-state index in [0.717, 1.165) is 24.2 Å². The predicted molar refractivity (Wildman–Crippen MR) is 100 cm³/mol. The topological polar surface area (TPSA) is 60.3 Å². The molecule has 1 aromatic heterocycles. The highest BCUT2D eigenvalue weighted by molar-refractivity contribution is 5.92. The third-order valence-corrected chi connectivity index (χ3v) is 5.03. The molecule has 1 amide bonds. The first kappa shape index (κ1) is 18.2. The number of carbonyl (C=O) groups excluding carboxylic acids is 2. The lowest BCUT2D eigenvalue weighted by Gasteiger charge is -2.13. The zero-order chi connectivity index (χ0) is 18.7. The first-order valence-corrected chi connectivity index (χ1v) is 9.13. The van der Waals surface area contributed by atoms with Crippen molar-refractivity contribution < 1.29 is 14.3 Å². The van der Waals surface area contributed by atoms with Crippen molar-refractivity contribution in [3.63, 3.8) is 0 Å². The molecule has 26 heavy (non-hydrogen) atoms. The highest BCUT2D eigenvalue weighted by Gasteiger charge is 2.29. The summed E-state index contributed by atoms with van der Waals surface area (Å²) in [6.45, 7) is 6.33. The van der Waals surface area contributed by atoms with Crippen molar-refractivity contribution in [3.8, 4) is 0 Å². The predicted octanol–water partition coefficient (Wildman–Crippen LogP) is 3.22. The van der Waals surface area contributed by atoms with E-state index in [9.17, 15) is 9.59 Å². The lowest BCUT2D eigenvalue weighted by molar-refractivity contribution is -0.124. The Bertz CT molecular complexity index is 791. The second kappa shape index (κ2) is 7.77. The smallest absolute Gasteiger partial charge is 0.340 e. The van der Waals surface area contributed by atoms with Crippen molar-refractivity contribution >= 4 is 11.9 Å². The van der Waals surface area contributed by atoms with Gasteiger partial charge in [-0.15, -0.1) is 0 Å². The number of esters is 1. The minimum absolute atomic E-state index is 0.150. The zero-order valence-corrected chi connectivity index (χ0v) is 15.6. The summed E-state index contributed by atoms with van der Waals surface area (Å²) in [6, 6.07) is 12.1. The molecule has 1 aromatic carbocycles. The summed E-state index contributed by atoms with van der Waals surface area (Å²) in [4.78, 5) is 24.3. The van der Waals surface area contributed by atoms with E-state index in [1.807, 2.05) is 45.0 Å². The van der Waals surface area contributed by atoms with Crippen molar-refractivity contribution in [3.05, 3.63) is 58.9 Å². The Kier molecular flexibility index (Phi) is 5.45. The summed E-state index contributed by atoms with van der Waals surface area (Å²) in [5.74, 6) is -0.117. The van der Waals surface area contributed by atoms with Gasteiger partial charge in [0.2, 0.25) is 0 Å². The Morgan fingerprint density at radius 1 is 1.23 bits per heavy atom. The molecular formula is C21H26N2O3. The van der Waals surface area contributed by atoms with Gasteiger partial charge in [-0.05, 0) is 51.2 Å². The van der Waals surface area contributed by atoms with Crippen LogP contribution in [0, 0.1) is 19.8 Å². The number of hydrogen-bond acceptors (Lipinski definition) is 3. The Balaban J connectivity index is 1.60. The fraction of sp³-hybridized carbons (Fsp3) is 0.429. The lowest BCUT2D eigenvalue weighted by atomic mass is 10.2. The first-order chi connectivity index (χ1) is 12.5. The number of nitrogens with one attached hydrogen (secondary N) is 1. The summed E-state index contributed by atoms with van der Waals surface area (Å²) >= 11 is 0. The molecule has 1 heterocycles. The fourth-order valence-electron chi connectivity index (χ4n) is 3.24. The molecule has 1 aliphatic rings. The van der Waals surface area contributed by atoms with Gasteiger partial charge in [-0.25, -0.2) is 4.79 Å². The third kappa shape index (κ3) is 4.34. The second-order valence-electron chi connectivity index (χ2n) is 7.13. The molecule has 0 aliphatic heterocycles. The maximum absolute atomic E-state index is 12.4. The average Bonchev–Trinajstić information content (AvgIpc) is 3.44. The molecular weight excluding hydrogens is 328 g/mol. The second-order valence-corrected chi connectivity index (χ2v) is 7.13. The third-order valence-electron chi connectivity index (χ3n) is 5.03. The number of carbonyl (C=O) groups is 2. The Labute approximate surface area is 154 Å². The van der Waals surface area contributed by atoms with Crippen LogP contribution in [0.1, 0.15) is 47.1 Å². The van der Waals surface area contributed by atoms with Crippen LogP contribution in [-0.2, 0) is 16.1 Å². The summed E-state index contributed by atoms with van der Waals surface area (Å²) < 4.78 is 7.31. The molecule has 1 N–H and O–H groups in total. The number of aromatic nitrogens is 1. The minimum atomic E-state index is -0.452. The molecule has 0 spiro atoms. The van der Waals surface area contributed by atoms with E-state index in [-0.39, 0.29) is 18.6 Å². The van der Waals surface area contributed by atoms with Crippen LogP contribution in [0.15, 0.2) is 36.4 Å². The van der Waals surface area contributed by atoms with Crippen LogP contribution < -0.4 is 5.32 Å². The molecule has 5 heteroatoms. The molecule has 0 saturated heterocycles. The van der Waals surface area contributed by atoms with E-state index in [0.29, 0.717) is 18.0 Å².